The summed E-state index contributed by atoms with van der Waals surface area (Å²) in [5, 5.41) is 4.51. The van der Waals surface area contributed by atoms with Crippen molar-refractivity contribution in [1.29, 1.82) is 0 Å². The van der Waals surface area contributed by atoms with Gasteiger partial charge in [0.25, 0.3) is 0 Å². The fourth-order valence-corrected chi connectivity index (χ4v) is 2.75. The largest absolute Gasteiger partial charge is 0.342 e. The van der Waals surface area contributed by atoms with E-state index in [0.717, 1.165) is 18.5 Å². The molecule has 0 heterocycles. The summed E-state index contributed by atoms with van der Waals surface area (Å²) in [6.07, 6.45) is 2.19. The number of halogens is 2. The maximum absolute atomic E-state index is 13.9. The highest BCUT2D eigenvalue weighted by molar-refractivity contribution is 7.80. The summed E-state index contributed by atoms with van der Waals surface area (Å²) in [7, 11) is 0. The fraction of sp³-hybridized carbons (Fsp3) is 0.235. The number of thiocarbonyl (C=S) groups is 1. The van der Waals surface area contributed by atoms with Crippen LogP contribution < -0.4 is 5.32 Å². The Balaban J connectivity index is 1.72. The standard InChI is InChI=1S/C17H16ClFN2S/c18-13-5-7-14(8-6-13)20-17(22)21(15-9-10-15)11-12-3-1-2-4-16(12)19/h1-8,15H,9-11H2,(H,20,22). The molecule has 0 saturated heterocycles. The second-order valence-electron chi connectivity index (χ2n) is 5.39. The van der Waals surface area contributed by atoms with Crippen molar-refractivity contribution in [2.45, 2.75) is 25.4 Å². The van der Waals surface area contributed by atoms with E-state index >= 15 is 0 Å². The zero-order valence-electron chi connectivity index (χ0n) is 11.9. The van der Waals surface area contributed by atoms with Crippen LogP contribution in [0.1, 0.15) is 18.4 Å². The van der Waals surface area contributed by atoms with Gasteiger partial charge in [-0.15, -0.1) is 0 Å². The molecule has 1 fully saturated rings. The zero-order valence-corrected chi connectivity index (χ0v) is 13.5. The van der Waals surface area contributed by atoms with Crippen LogP contribution in [0.5, 0.6) is 0 Å². The van der Waals surface area contributed by atoms with Gasteiger partial charge in [0.1, 0.15) is 5.82 Å². The molecule has 0 aromatic heterocycles. The Bertz CT molecular complexity index is 671. The van der Waals surface area contributed by atoms with Crippen molar-refractivity contribution in [2.24, 2.45) is 0 Å². The minimum Gasteiger partial charge on any atom is -0.342 e. The molecule has 1 aliphatic rings. The Labute approximate surface area is 139 Å². The van der Waals surface area contributed by atoms with E-state index in [1.807, 2.05) is 30.3 Å². The first-order valence-electron chi connectivity index (χ1n) is 7.20. The van der Waals surface area contributed by atoms with Gasteiger partial charge < -0.3 is 10.2 Å². The van der Waals surface area contributed by atoms with E-state index in [0.29, 0.717) is 28.3 Å². The molecule has 0 unspecified atom stereocenters. The van der Waals surface area contributed by atoms with Crippen molar-refractivity contribution in [3.63, 3.8) is 0 Å². The highest BCUT2D eigenvalue weighted by Crippen LogP contribution is 2.29. The van der Waals surface area contributed by atoms with Crippen molar-refractivity contribution in [3.05, 3.63) is 64.9 Å². The van der Waals surface area contributed by atoms with Crippen LogP contribution in [-0.4, -0.2) is 16.1 Å². The van der Waals surface area contributed by atoms with Crippen LogP contribution in [-0.2, 0) is 6.54 Å². The first-order chi connectivity index (χ1) is 10.6. The third-order valence-electron chi connectivity index (χ3n) is 3.64. The molecule has 0 spiro atoms. The van der Waals surface area contributed by atoms with Crippen molar-refractivity contribution in [2.75, 3.05) is 5.32 Å². The number of benzene rings is 2. The minimum absolute atomic E-state index is 0.192. The fourth-order valence-electron chi connectivity index (χ4n) is 2.29. The lowest BCUT2D eigenvalue weighted by Gasteiger charge is -2.26. The predicted molar refractivity (Wildman–Crippen MR) is 92.6 cm³/mol. The maximum atomic E-state index is 13.9. The summed E-state index contributed by atoms with van der Waals surface area (Å²) in [6.45, 7) is 0.483. The number of rotatable bonds is 4. The molecule has 0 bridgehead atoms. The monoisotopic (exact) mass is 334 g/mol. The van der Waals surface area contributed by atoms with Gasteiger partial charge in [-0.25, -0.2) is 4.39 Å². The molecule has 1 aliphatic carbocycles. The average molecular weight is 335 g/mol. The molecular weight excluding hydrogens is 319 g/mol. The summed E-state index contributed by atoms with van der Waals surface area (Å²) in [4.78, 5) is 2.06. The second kappa shape index (κ2) is 6.63. The summed E-state index contributed by atoms with van der Waals surface area (Å²) in [5.41, 5.74) is 1.54. The van der Waals surface area contributed by atoms with Gasteiger partial charge in [-0.05, 0) is 55.4 Å². The van der Waals surface area contributed by atoms with E-state index in [9.17, 15) is 4.39 Å². The van der Waals surface area contributed by atoms with E-state index in [4.69, 9.17) is 23.8 Å². The van der Waals surface area contributed by atoms with Gasteiger partial charge in [-0.3, -0.25) is 0 Å². The zero-order chi connectivity index (χ0) is 15.5. The quantitative estimate of drug-likeness (QED) is 0.805. The second-order valence-corrected chi connectivity index (χ2v) is 6.21. The van der Waals surface area contributed by atoms with E-state index in [1.54, 1.807) is 12.1 Å². The van der Waals surface area contributed by atoms with Gasteiger partial charge in [0.15, 0.2) is 5.11 Å². The summed E-state index contributed by atoms with van der Waals surface area (Å²) in [6, 6.07) is 14.6. The summed E-state index contributed by atoms with van der Waals surface area (Å²) < 4.78 is 13.9. The molecule has 2 aromatic carbocycles. The van der Waals surface area contributed by atoms with Crippen LogP contribution in [0.4, 0.5) is 10.1 Å². The Morgan fingerprint density at radius 1 is 1.18 bits per heavy atom. The molecule has 2 nitrogen and oxygen atoms in total. The lowest BCUT2D eigenvalue weighted by molar-refractivity contribution is 0.400. The van der Waals surface area contributed by atoms with E-state index in [1.165, 1.54) is 6.07 Å². The lowest BCUT2D eigenvalue weighted by atomic mass is 10.2. The van der Waals surface area contributed by atoms with Crippen LogP contribution in [0, 0.1) is 5.82 Å². The Morgan fingerprint density at radius 2 is 1.86 bits per heavy atom. The third-order valence-corrected chi connectivity index (χ3v) is 4.23. The normalized spacial score (nSPS) is 13.7. The Kier molecular flexibility index (Phi) is 4.60. The highest BCUT2D eigenvalue weighted by atomic mass is 35.5. The predicted octanol–water partition coefficient (Wildman–Crippen LogP) is 4.84. The number of nitrogens with one attached hydrogen (secondary N) is 1. The number of hydrogen-bond donors (Lipinski definition) is 1. The van der Waals surface area contributed by atoms with E-state index in [-0.39, 0.29) is 5.82 Å². The summed E-state index contributed by atoms with van der Waals surface area (Å²) in [5.74, 6) is -0.192. The van der Waals surface area contributed by atoms with Gasteiger partial charge in [-0.1, -0.05) is 29.8 Å². The molecule has 114 valence electrons. The van der Waals surface area contributed by atoms with Crippen LogP contribution >= 0.6 is 23.8 Å². The van der Waals surface area contributed by atoms with Gasteiger partial charge in [-0.2, -0.15) is 0 Å². The van der Waals surface area contributed by atoms with Crippen LogP contribution in [0.15, 0.2) is 48.5 Å². The number of nitrogens with zero attached hydrogens (tertiary/aromatic N) is 1. The lowest BCUT2D eigenvalue weighted by Crippen LogP contribution is -2.36. The van der Waals surface area contributed by atoms with Gasteiger partial charge >= 0.3 is 0 Å². The smallest absolute Gasteiger partial charge is 0.173 e. The number of hydrogen-bond acceptors (Lipinski definition) is 1. The molecule has 0 atom stereocenters. The molecule has 0 amide bonds. The molecule has 2 aromatic rings. The third kappa shape index (κ3) is 3.76. The molecule has 22 heavy (non-hydrogen) atoms. The van der Waals surface area contributed by atoms with E-state index < -0.39 is 0 Å². The first kappa shape index (κ1) is 15.3. The van der Waals surface area contributed by atoms with Crippen molar-refractivity contribution >= 4 is 34.6 Å². The first-order valence-corrected chi connectivity index (χ1v) is 7.99. The topological polar surface area (TPSA) is 15.3 Å². The maximum Gasteiger partial charge on any atom is 0.173 e. The van der Waals surface area contributed by atoms with Crippen LogP contribution in [0.2, 0.25) is 5.02 Å². The van der Waals surface area contributed by atoms with E-state index in [2.05, 4.69) is 10.2 Å². The molecular formula is C17H16ClFN2S. The highest BCUT2D eigenvalue weighted by Gasteiger charge is 2.31. The number of anilines is 1. The average Bonchev–Trinajstić information content (AvgIpc) is 3.33. The van der Waals surface area contributed by atoms with Crippen LogP contribution in [0.25, 0.3) is 0 Å². The molecule has 1 saturated carbocycles. The molecule has 0 radical (unpaired) electrons. The SMILES string of the molecule is Fc1ccccc1CN(C(=S)Nc1ccc(Cl)cc1)C1CC1. The summed E-state index contributed by atoms with van der Waals surface area (Å²) >= 11 is 11.4. The van der Waals surface area contributed by atoms with Crippen molar-refractivity contribution in [3.8, 4) is 0 Å². The Hall–Kier alpha value is -1.65. The molecule has 3 rings (SSSR count). The van der Waals surface area contributed by atoms with Gasteiger partial charge in [0.2, 0.25) is 0 Å². The Morgan fingerprint density at radius 3 is 2.50 bits per heavy atom. The van der Waals surface area contributed by atoms with Crippen molar-refractivity contribution in [1.82, 2.24) is 4.90 Å². The van der Waals surface area contributed by atoms with Crippen LogP contribution in [0.3, 0.4) is 0 Å². The minimum atomic E-state index is -0.192. The van der Waals surface area contributed by atoms with Gasteiger partial charge in [0, 0.05) is 28.9 Å². The molecule has 1 N–H and O–H groups in total. The molecule has 5 heteroatoms. The van der Waals surface area contributed by atoms with Crippen molar-refractivity contribution < 1.29 is 4.39 Å². The van der Waals surface area contributed by atoms with Gasteiger partial charge in [0.05, 0.1) is 0 Å². The molecule has 0 aliphatic heterocycles.